The van der Waals surface area contributed by atoms with Crippen molar-refractivity contribution in [2.24, 2.45) is 0 Å². The number of rotatable bonds is 5. The molecule has 22 heavy (non-hydrogen) atoms. The highest BCUT2D eigenvalue weighted by atomic mass is 79.9. The summed E-state index contributed by atoms with van der Waals surface area (Å²) < 4.78 is 24.8. The van der Waals surface area contributed by atoms with Crippen LogP contribution in [0.15, 0.2) is 52.9 Å². The summed E-state index contributed by atoms with van der Waals surface area (Å²) in [4.78, 5) is 11.7. The number of Topliss-reactive ketones (excluding diaryl/α,β-unsaturated/α-hetero) is 1. The molecular formula is C17H12BrFO3. The SMILES string of the molecule is O=C(CBr)c1cc2c(OCc3ccccc3)cc(F)cc2o1. The van der Waals surface area contributed by atoms with Gasteiger partial charge in [-0.3, -0.25) is 4.79 Å². The quantitative estimate of drug-likeness (QED) is 0.486. The molecule has 0 spiro atoms. The predicted molar refractivity (Wildman–Crippen MR) is 85.1 cm³/mol. The van der Waals surface area contributed by atoms with Crippen molar-refractivity contribution in [1.29, 1.82) is 0 Å². The molecule has 0 aliphatic heterocycles. The fourth-order valence-electron chi connectivity index (χ4n) is 2.13. The van der Waals surface area contributed by atoms with Crippen LogP contribution in [0.2, 0.25) is 0 Å². The number of ketones is 1. The molecule has 0 aliphatic rings. The number of benzene rings is 2. The molecule has 2 aromatic carbocycles. The van der Waals surface area contributed by atoms with Crippen LogP contribution in [0.5, 0.6) is 5.75 Å². The lowest BCUT2D eigenvalue weighted by molar-refractivity contribution is 0.0995. The minimum absolute atomic E-state index is 0.148. The summed E-state index contributed by atoms with van der Waals surface area (Å²) in [6.07, 6.45) is 0. The number of fused-ring (bicyclic) bond motifs is 1. The van der Waals surface area contributed by atoms with E-state index in [2.05, 4.69) is 15.9 Å². The molecule has 0 amide bonds. The van der Waals surface area contributed by atoms with E-state index in [-0.39, 0.29) is 16.9 Å². The second-order valence-corrected chi connectivity index (χ2v) is 5.32. The van der Waals surface area contributed by atoms with Gasteiger partial charge in [0.15, 0.2) is 5.76 Å². The van der Waals surface area contributed by atoms with Crippen molar-refractivity contribution < 1.29 is 18.3 Å². The highest BCUT2D eigenvalue weighted by molar-refractivity contribution is 9.09. The number of furan rings is 1. The van der Waals surface area contributed by atoms with Crippen LogP contribution >= 0.6 is 15.9 Å². The molecule has 112 valence electrons. The lowest BCUT2D eigenvalue weighted by atomic mass is 10.2. The second-order valence-electron chi connectivity index (χ2n) is 4.76. The minimum atomic E-state index is -0.470. The second kappa shape index (κ2) is 6.32. The van der Waals surface area contributed by atoms with E-state index >= 15 is 0 Å². The standard InChI is InChI=1S/C17H12BrFO3/c18-9-14(20)17-8-13-15(6-12(19)7-16(13)22-17)21-10-11-4-2-1-3-5-11/h1-8H,9-10H2. The fourth-order valence-corrected chi connectivity index (χ4v) is 2.41. The molecule has 0 aliphatic carbocycles. The maximum atomic E-state index is 13.7. The van der Waals surface area contributed by atoms with Gasteiger partial charge >= 0.3 is 0 Å². The van der Waals surface area contributed by atoms with Crippen LogP contribution in [-0.4, -0.2) is 11.1 Å². The molecule has 0 saturated carbocycles. The van der Waals surface area contributed by atoms with Gasteiger partial charge < -0.3 is 9.15 Å². The van der Waals surface area contributed by atoms with Gasteiger partial charge in [0.2, 0.25) is 5.78 Å². The molecule has 0 N–H and O–H groups in total. The largest absolute Gasteiger partial charge is 0.488 e. The Hall–Kier alpha value is -2.14. The number of carbonyl (C=O) groups is 1. The highest BCUT2D eigenvalue weighted by Gasteiger charge is 2.15. The average Bonchev–Trinajstić information content (AvgIpc) is 2.96. The van der Waals surface area contributed by atoms with Crippen molar-refractivity contribution in [2.75, 3.05) is 5.33 Å². The van der Waals surface area contributed by atoms with Gasteiger partial charge in [0.1, 0.15) is 23.8 Å². The van der Waals surface area contributed by atoms with E-state index in [0.29, 0.717) is 23.3 Å². The zero-order valence-electron chi connectivity index (χ0n) is 11.5. The number of carbonyl (C=O) groups excluding carboxylic acids is 1. The molecule has 3 aromatic rings. The first kappa shape index (κ1) is 14.8. The zero-order chi connectivity index (χ0) is 15.5. The Morgan fingerprint density at radius 2 is 1.95 bits per heavy atom. The predicted octanol–water partition coefficient (Wildman–Crippen LogP) is 4.73. The topological polar surface area (TPSA) is 39.4 Å². The summed E-state index contributed by atoms with van der Waals surface area (Å²) in [7, 11) is 0. The molecule has 1 aromatic heterocycles. The first-order valence-corrected chi connectivity index (χ1v) is 7.78. The molecule has 0 radical (unpaired) electrons. The Morgan fingerprint density at radius 3 is 2.68 bits per heavy atom. The number of halogens is 2. The van der Waals surface area contributed by atoms with Gasteiger partial charge in [-0.05, 0) is 11.6 Å². The van der Waals surface area contributed by atoms with Crippen molar-refractivity contribution in [3.8, 4) is 5.75 Å². The summed E-state index contributed by atoms with van der Waals surface area (Å²) in [5, 5.41) is 0.733. The molecule has 0 bridgehead atoms. The van der Waals surface area contributed by atoms with Gasteiger partial charge in [-0.15, -0.1) is 0 Å². The third-order valence-corrected chi connectivity index (χ3v) is 3.71. The van der Waals surface area contributed by atoms with Crippen LogP contribution in [0, 0.1) is 5.82 Å². The summed E-state index contributed by atoms with van der Waals surface area (Å²) >= 11 is 3.09. The molecule has 0 unspecified atom stereocenters. The van der Waals surface area contributed by atoms with Crippen molar-refractivity contribution >= 4 is 32.7 Å². The van der Waals surface area contributed by atoms with Crippen LogP contribution < -0.4 is 4.74 Å². The highest BCUT2D eigenvalue weighted by Crippen LogP contribution is 2.31. The van der Waals surface area contributed by atoms with Crippen LogP contribution in [0.1, 0.15) is 16.1 Å². The van der Waals surface area contributed by atoms with Gasteiger partial charge in [-0.25, -0.2) is 4.39 Å². The molecule has 0 fully saturated rings. The third kappa shape index (κ3) is 3.04. The summed E-state index contributed by atoms with van der Waals surface area (Å²) in [5.74, 6) is -0.133. The van der Waals surface area contributed by atoms with Crippen molar-refractivity contribution in [3.05, 3.63) is 65.7 Å². The van der Waals surface area contributed by atoms with E-state index in [1.165, 1.54) is 12.1 Å². The molecule has 0 atom stereocenters. The lowest BCUT2D eigenvalue weighted by Crippen LogP contribution is -1.97. The van der Waals surface area contributed by atoms with Crippen LogP contribution in [0.25, 0.3) is 11.0 Å². The van der Waals surface area contributed by atoms with Crippen molar-refractivity contribution in [2.45, 2.75) is 6.61 Å². The number of alkyl halides is 1. The molecule has 3 rings (SSSR count). The maximum Gasteiger partial charge on any atom is 0.208 e. The lowest BCUT2D eigenvalue weighted by Gasteiger charge is -2.07. The normalized spacial score (nSPS) is 10.8. The first-order chi connectivity index (χ1) is 10.7. The Kier molecular flexibility index (Phi) is 4.24. The van der Waals surface area contributed by atoms with Gasteiger partial charge in [0, 0.05) is 12.1 Å². The van der Waals surface area contributed by atoms with Crippen LogP contribution in [0.3, 0.4) is 0 Å². The number of hydrogen-bond acceptors (Lipinski definition) is 3. The monoisotopic (exact) mass is 362 g/mol. The Balaban J connectivity index is 1.94. The van der Waals surface area contributed by atoms with E-state index in [0.717, 1.165) is 5.56 Å². The fraction of sp³-hybridized carbons (Fsp3) is 0.118. The van der Waals surface area contributed by atoms with E-state index in [4.69, 9.17) is 9.15 Å². The minimum Gasteiger partial charge on any atom is -0.488 e. The Bertz CT molecular complexity index is 811. The summed E-state index contributed by atoms with van der Waals surface area (Å²) in [6.45, 7) is 0.312. The molecular weight excluding hydrogens is 351 g/mol. The maximum absolute atomic E-state index is 13.7. The van der Waals surface area contributed by atoms with Gasteiger partial charge in [0.05, 0.1) is 10.7 Å². The molecule has 5 heteroatoms. The van der Waals surface area contributed by atoms with Gasteiger partial charge in [-0.1, -0.05) is 46.3 Å². The van der Waals surface area contributed by atoms with Crippen molar-refractivity contribution in [3.63, 3.8) is 0 Å². The third-order valence-electron chi connectivity index (χ3n) is 3.20. The van der Waals surface area contributed by atoms with Gasteiger partial charge in [-0.2, -0.15) is 0 Å². The summed E-state index contributed by atoms with van der Waals surface area (Å²) in [5.41, 5.74) is 1.27. The molecule has 0 saturated heterocycles. The van der Waals surface area contributed by atoms with Crippen LogP contribution in [-0.2, 0) is 6.61 Å². The molecule has 3 nitrogen and oxygen atoms in total. The Morgan fingerprint density at radius 1 is 1.18 bits per heavy atom. The van der Waals surface area contributed by atoms with E-state index in [1.807, 2.05) is 30.3 Å². The summed E-state index contributed by atoms with van der Waals surface area (Å²) in [6, 6.07) is 13.7. The first-order valence-electron chi connectivity index (χ1n) is 6.66. The number of hydrogen-bond donors (Lipinski definition) is 0. The van der Waals surface area contributed by atoms with Gasteiger partial charge in [0.25, 0.3) is 0 Å². The number of ether oxygens (including phenoxy) is 1. The smallest absolute Gasteiger partial charge is 0.208 e. The van der Waals surface area contributed by atoms with E-state index in [9.17, 15) is 9.18 Å². The van der Waals surface area contributed by atoms with Crippen molar-refractivity contribution in [1.82, 2.24) is 0 Å². The van der Waals surface area contributed by atoms with E-state index in [1.54, 1.807) is 6.07 Å². The average molecular weight is 363 g/mol. The Labute approximate surface area is 134 Å². The molecule has 1 heterocycles. The zero-order valence-corrected chi connectivity index (χ0v) is 13.1. The van der Waals surface area contributed by atoms with E-state index < -0.39 is 5.82 Å². The van der Waals surface area contributed by atoms with Crippen LogP contribution in [0.4, 0.5) is 4.39 Å².